The minimum atomic E-state index is -0.304. The molecule has 0 spiro atoms. The van der Waals surface area contributed by atoms with Crippen LogP contribution in [0.15, 0.2) is 36.4 Å². The van der Waals surface area contributed by atoms with Crippen molar-refractivity contribution in [1.29, 1.82) is 0 Å². The Morgan fingerprint density at radius 1 is 1.24 bits per heavy atom. The van der Waals surface area contributed by atoms with E-state index in [-0.39, 0.29) is 17.2 Å². The summed E-state index contributed by atoms with van der Waals surface area (Å²) < 4.78 is 4.98. The number of benzene rings is 2. The molecule has 0 bridgehead atoms. The van der Waals surface area contributed by atoms with Crippen LogP contribution >= 0.6 is 23.8 Å². The second kappa shape index (κ2) is 6.65. The summed E-state index contributed by atoms with van der Waals surface area (Å²) in [6.45, 7) is 0.528. The quantitative estimate of drug-likeness (QED) is 0.595. The first kappa shape index (κ1) is 15.4. The smallest absolute Gasteiger partial charge is 0.200 e. The fraction of sp³-hybridized carbons (Fsp3) is 0.133. The first-order valence-corrected chi connectivity index (χ1v) is 6.92. The zero-order valence-corrected chi connectivity index (χ0v) is 12.8. The number of ether oxygens (including phenoxy) is 1. The number of hydrogen-bond donors (Lipinski definition) is 3. The number of nitrogens with one attached hydrogen (secondary N) is 1. The molecule has 0 aliphatic rings. The molecule has 0 aliphatic heterocycles. The first-order valence-electron chi connectivity index (χ1n) is 6.14. The van der Waals surface area contributed by atoms with Crippen LogP contribution in [0.5, 0.6) is 17.2 Å². The van der Waals surface area contributed by atoms with Crippen molar-refractivity contribution in [2.24, 2.45) is 0 Å². The predicted octanol–water partition coefficient (Wildman–Crippen LogP) is 3.23. The summed E-state index contributed by atoms with van der Waals surface area (Å²) in [5.74, 6) is -0.414. The summed E-state index contributed by atoms with van der Waals surface area (Å²) in [5.41, 5.74) is 1.59. The third kappa shape index (κ3) is 3.77. The second-order valence-corrected chi connectivity index (χ2v) is 5.20. The largest absolute Gasteiger partial charge is 0.504 e. The van der Waals surface area contributed by atoms with Crippen LogP contribution in [0.3, 0.4) is 0 Å². The fourth-order valence-electron chi connectivity index (χ4n) is 1.77. The Morgan fingerprint density at radius 3 is 2.52 bits per heavy atom. The Morgan fingerprint density at radius 2 is 1.90 bits per heavy atom. The monoisotopic (exact) mass is 323 g/mol. The molecule has 2 rings (SSSR count). The highest BCUT2D eigenvalue weighted by Gasteiger charge is 2.12. The number of phenols is 2. The van der Waals surface area contributed by atoms with Crippen molar-refractivity contribution < 1.29 is 14.9 Å². The van der Waals surface area contributed by atoms with Crippen LogP contribution in [-0.4, -0.2) is 22.3 Å². The molecule has 0 saturated carbocycles. The summed E-state index contributed by atoms with van der Waals surface area (Å²) in [6.07, 6.45) is 0. The Balaban J connectivity index is 2.10. The van der Waals surface area contributed by atoms with E-state index in [1.54, 1.807) is 18.2 Å². The van der Waals surface area contributed by atoms with Gasteiger partial charge in [-0.3, -0.25) is 0 Å². The van der Waals surface area contributed by atoms with Gasteiger partial charge in [-0.05, 0) is 29.8 Å². The van der Waals surface area contributed by atoms with E-state index in [9.17, 15) is 10.2 Å². The molecule has 0 aromatic heterocycles. The van der Waals surface area contributed by atoms with Gasteiger partial charge >= 0.3 is 0 Å². The van der Waals surface area contributed by atoms with Gasteiger partial charge in [0.05, 0.1) is 7.11 Å². The zero-order valence-electron chi connectivity index (χ0n) is 11.3. The number of thiocarbonyl (C=S) groups is 1. The van der Waals surface area contributed by atoms with Crippen LogP contribution in [0.4, 0.5) is 0 Å². The average Bonchev–Trinajstić information content (AvgIpc) is 2.49. The summed E-state index contributed by atoms with van der Waals surface area (Å²) in [4.78, 5) is 0.443. The lowest BCUT2D eigenvalue weighted by Crippen LogP contribution is -2.21. The molecular formula is C15H14ClNO3S. The SMILES string of the molecule is COc1cc(C(=S)NCc2ccc(Cl)cc2)cc(O)c1O. The zero-order chi connectivity index (χ0) is 15.4. The normalized spacial score (nSPS) is 10.2. The molecule has 0 radical (unpaired) electrons. The maximum absolute atomic E-state index is 9.64. The van der Waals surface area contributed by atoms with Crippen molar-refractivity contribution >= 4 is 28.8 Å². The van der Waals surface area contributed by atoms with E-state index in [0.29, 0.717) is 22.1 Å². The van der Waals surface area contributed by atoms with Gasteiger partial charge in [0.1, 0.15) is 4.99 Å². The minimum absolute atomic E-state index is 0.167. The van der Waals surface area contributed by atoms with Crippen LogP contribution in [-0.2, 0) is 6.54 Å². The molecule has 0 aliphatic carbocycles. The number of aromatic hydroxyl groups is 2. The molecule has 0 unspecified atom stereocenters. The predicted molar refractivity (Wildman–Crippen MR) is 86.3 cm³/mol. The van der Waals surface area contributed by atoms with Gasteiger partial charge in [0, 0.05) is 17.1 Å². The average molecular weight is 324 g/mol. The molecule has 0 fully saturated rings. The van der Waals surface area contributed by atoms with E-state index in [1.807, 2.05) is 12.1 Å². The molecule has 0 amide bonds. The molecule has 21 heavy (non-hydrogen) atoms. The summed E-state index contributed by atoms with van der Waals surface area (Å²) in [6, 6.07) is 10.3. The Bertz CT molecular complexity index is 659. The van der Waals surface area contributed by atoms with E-state index in [1.165, 1.54) is 13.2 Å². The van der Waals surface area contributed by atoms with E-state index in [0.717, 1.165) is 5.56 Å². The topological polar surface area (TPSA) is 61.7 Å². The van der Waals surface area contributed by atoms with Gasteiger partial charge in [-0.25, -0.2) is 0 Å². The van der Waals surface area contributed by atoms with E-state index < -0.39 is 0 Å². The lowest BCUT2D eigenvalue weighted by molar-refractivity contribution is 0.351. The van der Waals surface area contributed by atoms with Crippen molar-refractivity contribution in [3.05, 3.63) is 52.5 Å². The van der Waals surface area contributed by atoms with Gasteiger partial charge in [-0.1, -0.05) is 36.0 Å². The van der Waals surface area contributed by atoms with Gasteiger partial charge in [0.2, 0.25) is 5.75 Å². The number of rotatable bonds is 4. The molecular weight excluding hydrogens is 310 g/mol. The van der Waals surface area contributed by atoms with Gasteiger partial charge < -0.3 is 20.3 Å². The lowest BCUT2D eigenvalue weighted by atomic mass is 10.1. The number of phenolic OH excluding ortho intramolecular Hbond substituents is 2. The highest BCUT2D eigenvalue weighted by Crippen LogP contribution is 2.36. The van der Waals surface area contributed by atoms with Crippen LogP contribution in [0.25, 0.3) is 0 Å². The van der Waals surface area contributed by atoms with Gasteiger partial charge in [0.25, 0.3) is 0 Å². The molecule has 0 heterocycles. The summed E-state index contributed by atoms with van der Waals surface area (Å²) in [5, 5.41) is 23.0. The van der Waals surface area contributed by atoms with Crippen LogP contribution in [0, 0.1) is 0 Å². The van der Waals surface area contributed by atoms with E-state index >= 15 is 0 Å². The highest BCUT2D eigenvalue weighted by molar-refractivity contribution is 7.80. The number of halogens is 1. The molecule has 6 heteroatoms. The van der Waals surface area contributed by atoms with Crippen LogP contribution in [0.2, 0.25) is 5.02 Å². The maximum atomic E-state index is 9.64. The fourth-order valence-corrected chi connectivity index (χ4v) is 2.08. The molecule has 0 atom stereocenters. The second-order valence-electron chi connectivity index (χ2n) is 4.36. The number of hydrogen-bond acceptors (Lipinski definition) is 4. The molecule has 3 N–H and O–H groups in total. The molecule has 110 valence electrons. The molecule has 0 saturated heterocycles. The first-order chi connectivity index (χ1) is 10.0. The van der Waals surface area contributed by atoms with Crippen molar-refractivity contribution in [3.8, 4) is 17.2 Å². The Hall–Kier alpha value is -1.98. The summed E-state index contributed by atoms with van der Waals surface area (Å²) >= 11 is 11.1. The van der Waals surface area contributed by atoms with Gasteiger partial charge in [0.15, 0.2) is 11.5 Å². The van der Waals surface area contributed by atoms with Crippen molar-refractivity contribution in [2.75, 3.05) is 7.11 Å². The minimum Gasteiger partial charge on any atom is -0.504 e. The molecule has 2 aromatic rings. The Kier molecular flexibility index (Phi) is 4.88. The Labute approximate surface area is 132 Å². The van der Waals surface area contributed by atoms with Gasteiger partial charge in [-0.2, -0.15) is 0 Å². The maximum Gasteiger partial charge on any atom is 0.200 e. The van der Waals surface area contributed by atoms with Gasteiger partial charge in [-0.15, -0.1) is 0 Å². The molecule has 2 aromatic carbocycles. The van der Waals surface area contributed by atoms with Crippen molar-refractivity contribution in [2.45, 2.75) is 6.54 Å². The third-order valence-corrected chi connectivity index (χ3v) is 3.54. The van der Waals surface area contributed by atoms with E-state index in [4.69, 9.17) is 28.6 Å². The number of methoxy groups -OCH3 is 1. The molecule has 4 nitrogen and oxygen atoms in total. The highest BCUT2D eigenvalue weighted by atomic mass is 35.5. The van der Waals surface area contributed by atoms with Crippen molar-refractivity contribution in [1.82, 2.24) is 5.32 Å². The van der Waals surface area contributed by atoms with Crippen LogP contribution < -0.4 is 10.1 Å². The third-order valence-electron chi connectivity index (χ3n) is 2.90. The van der Waals surface area contributed by atoms with Crippen molar-refractivity contribution in [3.63, 3.8) is 0 Å². The van der Waals surface area contributed by atoms with Crippen LogP contribution in [0.1, 0.15) is 11.1 Å². The summed E-state index contributed by atoms with van der Waals surface area (Å²) in [7, 11) is 1.41. The lowest BCUT2D eigenvalue weighted by Gasteiger charge is -2.11. The van der Waals surface area contributed by atoms with E-state index in [2.05, 4.69) is 5.32 Å². The standard InChI is InChI=1S/C15H14ClNO3S/c1-20-13-7-10(6-12(18)14(13)19)15(21)17-8-9-2-4-11(16)5-3-9/h2-7,18-19H,8H2,1H3,(H,17,21).